The Morgan fingerprint density at radius 2 is 1.86 bits per heavy atom. The summed E-state index contributed by atoms with van der Waals surface area (Å²) >= 11 is 0. The van der Waals surface area contributed by atoms with Gasteiger partial charge < -0.3 is 10.6 Å². The van der Waals surface area contributed by atoms with Crippen molar-refractivity contribution < 1.29 is 4.39 Å². The Hall–Kier alpha value is -2.17. The van der Waals surface area contributed by atoms with Gasteiger partial charge in [-0.15, -0.1) is 0 Å². The Morgan fingerprint density at radius 1 is 1.09 bits per heavy atom. The lowest BCUT2D eigenvalue weighted by atomic mass is 10.1. The fourth-order valence-corrected chi connectivity index (χ4v) is 2.77. The number of halogens is 1. The summed E-state index contributed by atoms with van der Waals surface area (Å²) in [5, 5.41) is 6.68. The van der Waals surface area contributed by atoms with E-state index < -0.39 is 0 Å². The predicted molar refractivity (Wildman–Crippen MR) is 86.5 cm³/mol. The first-order chi connectivity index (χ1) is 10.8. The highest BCUT2D eigenvalue weighted by Gasteiger charge is 2.14. The van der Waals surface area contributed by atoms with Crippen LogP contribution in [0, 0.1) is 5.82 Å². The molecule has 1 saturated carbocycles. The highest BCUT2D eigenvalue weighted by Crippen LogP contribution is 2.21. The lowest BCUT2D eigenvalue weighted by Gasteiger charge is -2.13. The maximum Gasteiger partial charge on any atom is 0.224 e. The number of nitrogens with one attached hydrogen (secondary N) is 2. The second-order valence-electron chi connectivity index (χ2n) is 5.69. The van der Waals surface area contributed by atoms with E-state index in [-0.39, 0.29) is 5.82 Å². The van der Waals surface area contributed by atoms with Gasteiger partial charge in [0.05, 0.1) is 0 Å². The van der Waals surface area contributed by atoms with Gasteiger partial charge >= 0.3 is 0 Å². The average Bonchev–Trinajstić information content (AvgIpc) is 3.03. The van der Waals surface area contributed by atoms with E-state index in [4.69, 9.17) is 0 Å². The molecule has 2 aromatic rings. The highest BCUT2D eigenvalue weighted by atomic mass is 19.1. The zero-order valence-corrected chi connectivity index (χ0v) is 12.6. The van der Waals surface area contributed by atoms with Crippen LogP contribution in [0.25, 0.3) is 0 Å². The second kappa shape index (κ2) is 7.20. The van der Waals surface area contributed by atoms with Crippen molar-refractivity contribution in [2.75, 3.05) is 17.2 Å². The number of nitrogens with zero attached hydrogens (tertiary/aromatic N) is 2. The van der Waals surface area contributed by atoms with E-state index in [1.165, 1.54) is 37.8 Å². The van der Waals surface area contributed by atoms with Crippen LogP contribution < -0.4 is 10.6 Å². The molecule has 116 valence electrons. The number of aromatic nitrogens is 2. The van der Waals surface area contributed by atoms with Crippen LogP contribution in [0.4, 0.5) is 16.2 Å². The minimum Gasteiger partial charge on any atom is -0.367 e. The van der Waals surface area contributed by atoms with Crippen molar-refractivity contribution in [3.05, 3.63) is 47.9 Å². The normalized spacial score (nSPS) is 15.0. The van der Waals surface area contributed by atoms with E-state index >= 15 is 0 Å². The third-order valence-corrected chi connectivity index (χ3v) is 3.97. The van der Waals surface area contributed by atoms with E-state index in [0.717, 1.165) is 24.3 Å². The van der Waals surface area contributed by atoms with Crippen molar-refractivity contribution in [2.45, 2.75) is 38.1 Å². The molecule has 0 atom stereocenters. The minimum atomic E-state index is -0.203. The van der Waals surface area contributed by atoms with Crippen LogP contribution in [0.2, 0.25) is 0 Å². The van der Waals surface area contributed by atoms with Gasteiger partial charge in [0, 0.05) is 18.8 Å². The fourth-order valence-electron chi connectivity index (χ4n) is 2.77. The van der Waals surface area contributed by atoms with Crippen LogP contribution in [-0.2, 0) is 6.42 Å². The zero-order valence-electron chi connectivity index (χ0n) is 12.6. The van der Waals surface area contributed by atoms with E-state index in [0.29, 0.717) is 12.0 Å². The quantitative estimate of drug-likeness (QED) is 0.855. The summed E-state index contributed by atoms with van der Waals surface area (Å²) in [5.74, 6) is 1.31. The smallest absolute Gasteiger partial charge is 0.224 e. The third kappa shape index (κ3) is 4.16. The Balaban J connectivity index is 1.50. The Morgan fingerprint density at radius 3 is 2.64 bits per heavy atom. The third-order valence-electron chi connectivity index (χ3n) is 3.97. The summed E-state index contributed by atoms with van der Waals surface area (Å²) in [7, 11) is 0. The van der Waals surface area contributed by atoms with Crippen molar-refractivity contribution in [2.24, 2.45) is 0 Å². The Labute approximate surface area is 130 Å². The molecule has 1 aliphatic carbocycles. The van der Waals surface area contributed by atoms with Crippen molar-refractivity contribution in [3.8, 4) is 0 Å². The van der Waals surface area contributed by atoms with Crippen LogP contribution in [-0.4, -0.2) is 22.6 Å². The van der Waals surface area contributed by atoms with Gasteiger partial charge in [-0.3, -0.25) is 0 Å². The molecule has 3 rings (SSSR count). The molecule has 1 fully saturated rings. The molecule has 0 radical (unpaired) electrons. The molecule has 1 aromatic heterocycles. The largest absolute Gasteiger partial charge is 0.367 e. The number of anilines is 2. The Kier molecular flexibility index (Phi) is 4.83. The molecule has 0 amide bonds. The van der Waals surface area contributed by atoms with E-state index in [9.17, 15) is 4.39 Å². The van der Waals surface area contributed by atoms with Gasteiger partial charge in [-0.1, -0.05) is 25.0 Å². The van der Waals surface area contributed by atoms with Gasteiger partial charge in [-0.25, -0.2) is 9.37 Å². The van der Waals surface area contributed by atoms with Gasteiger partial charge in [0.25, 0.3) is 0 Å². The summed E-state index contributed by atoms with van der Waals surface area (Å²) in [6, 6.07) is 9.02. The molecule has 5 heteroatoms. The lowest BCUT2D eigenvalue weighted by Crippen LogP contribution is -2.16. The second-order valence-corrected chi connectivity index (χ2v) is 5.69. The maximum atomic E-state index is 12.8. The first-order valence-corrected chi connectivity index (χ1v) is 7.87. The van der Waals surface area contributed by atoms with Gasteiger partial charge in [0.2, 0.25) is 5.95 Å². The summed E-state index contributed by atoms with van der Waals surface area (Å²) in [6.45, 7) is 0.721. The number of hydrogen-bond acceptors (Lipinski definition) is 4. The van der Waals surface area contributed by atoms with Crippen molar-refractivity contribution in [3.63, 3.8) is 0 Å². The minimum absolute atomic E-state index is 0.203. The van der Waals surface area contributed by atoms with Crippen LogP contribution in [0.3, 0.4) is 0 Å². The molecule has 0 saturated heterocycles. The molecule has 1 heterocycles. The van der Waals surface area contributed by atoms with Crippen LogP contribution in [0.15, 0.2) is 36.5 Å². The van der Waals surface area contributed by atoms with E-state index in [1.807, 2.05) is 6.07 Å². The Bertz CT molecular complexity index is 594. The van der Waals surface area contributed by atoms with Gasteiger partial charge in [-0.2, -0.15) is 4.98 Å². The summed E-state index contributed by atoms with van der Waals surface area (Å²) < 4.78 is 12.8. The lowest BCUT2D eigenvalue weighted by molar-refractivity contribution is 0.627. The molecule has 2 N–H and O–H groups in total. The van der Waals surface area contributed by atoms with Crippen molar-refractivity contribution in [1.29, 1.82) is 0 Å². The monoisotopic (exact) mass is 300 g/mol. The van der Waals surface area contributed by atoms with Crippen molar-refractivity contribution in [1.82, 2.24) is 9.97 Å². The molecule has 0 unspecified atom stereocenters. The molecule has 0 spiro atoms. The SMILES string of the molecule is Fc1ccc(CCNc2nccc(NC3CCCC3)n2)cc1. The zero-order chi connectivity index (χ0) is 15.2. The molecule has 4 nitrogen and oxygen atoms in total. The molecule has 22 heavy (non-hydrogen) atoms. The topological polar surface area (TPSA) is 49.8 Å². The summed E-state index contributed by atoms with van der Waals surface area (Å²) in [6.07, 6.45) is 7.61. The molecular formula is C17H21FN4. The molecule has 0 aliphatic heterocycles. The van der Waals surface area contributed by atoms with Gasteiger partial charge in [-0.05, 0) is 43.0 Å². The van der Waals surface area contributed by atoms with Crippen molar-refractivity contribution >= 4 is 11.8 Å². The van der Waals surface area contributed by atoms with Gasteiger partial charge in [0.15, 0.2) is 0 Å². The average molecular weight is 300 g/mol. The molecule has 1 aliphatic rings. The van der Waals surface area contributed by atoms with E-state index in [2.05, 4.69) is 20.6 Å². The standard InChI is InChI=1S/C17H21FN4/c18-14-7-5-13(6-8-14)9-11-19-17-20-12-10-16(22-17)21-15-3-1-2-4-15/h5-8,10,12,15H,1-4,9,11H2,(H2,19,20,21,22). The summed E-state index contributed by atoms with van der Waals surface area (Å²) in [4.78, 5) is 8.73. The first-order valence-electron chi connectivity index (χ1n) is 7.87. The van der Waals surface area contributed by atoms with Crippen LogP contribution in [0.5, 0.6) is 0 Å². The predicted octanol–water partition coefficient (Wildman–Crippen LogP) is 3.62. The summed E-state index contributed by atoms with van der Waals surface area (Å²) in [5.41, 5.74) is 1.09. The first kappa shape index (κ1) is 14.8. The molecule has 0 bridgehead atoms. The molecular weight excluding hydrogens is 279 g/mol. The highest BCUT2D eigenvalue weighted by molar-refractivity contribution is 5.40. The maximum absolute atomic E-state index is 12.8. The molecule has 1 aromatic carbocycles. The fraction of sp³-hybridized carbons (Fsp3) is 0.412. The van der Waals surface area contributed by atoms with Crippen LogP contribution >= 0.6 is 0 Å². The number of rotatable bonds is 6. The van der Waals surface area contributed by atoms with Crippen LogP contribution in [0.1, 0.15) is 31.2 Å². The number of benzene rings is 1. The number of hydrogen-bond donors (Lipinski definition) is 2. The van der Waals surface area contributed by atoms with Gasteiger partial charge in [0.1, 0.15) is 11.6 Å². The van der Waals surface area contributed by atoms with E-state index in [1.54, 1.807) is 18.3 Å².